The third-order valence-corrected chi connectivity index (χ3v) is 5.63. The van der Waals surface area contributed by atoms with Crippen LogP contribution in [0, 0.1) is 11.6 Å². The number of anilines is 2. The number of benzene rings is 2. The minimum atomic E-state index is -0.702. The quantitative estimate of drug-likeness (QED) is 0.285. The zero-order valence-corrected chi connectivity index (χ0v) is 20.3. The average Bonchev–Trinajstić information content (AvgIpc) is 3.26. The van der Waals surface area contributed by atoms with Gasteiger partial charge in [-0.25, -0.2) is 18.7 Å². The van der Waals surface area contributed by atoms with E-state index in [9.17, 15) is 8.78 Å². The zero-order chi connectivity index (χ0) is 25.8. The summed E-state index contributed by atoms with van der Waals surface area (Å²) in [6.07, 6.45) is 3.35. The summed E-state index contributed by atoms with van der Waals surface area (Å²) < 4.78 is 41.8. The molecule has 1 N–H and O–H groups in total. The van der Waals surface area contributed by atoms with Crippen molar-refractivity contribution < 1.29 is 18.3 Å². The number of hydrogen-bond acceptors (Lipinski definition) is 7. The second-order valence-corrected chi connectivity index (χ2v) is 8.18. The second-order valence-electron chi connectivity index (χ2n) is 8.18. The molecule has 5 rings (SSSR count). The molecule has 0 amide bonds. The largest absolute Gasteiger partial charge is 0.494 e. The van der Waals surface area contributed by atoms with Gasteiger partial charge in [-0.3, -0.25) is 9.67 Å². The van der Waals surface area contributed by atoms with E-state index in [1.54, 1.807) is 37.2 Å². The predicted molar refractivity (Wildman–Crippen MR) is 136 cm³/mol. The van der Waals surface area contributed by atoms with Crippen molar-refractivity contribution in [3.05, 3.63) is 89.9 Å². The highest BCUT2D eigenvalue weighted by molar-refractivity contribution is 5.91. The Morgan fingerprint density at radius 1 is 0.973 bits per heavy atom. The van der Waals surface area contributed by atoms with E-state index >= 15 is 0 Å². The lowest BCUT2D eigenvalue weighted by Gasteiger charge is -2.10. The van der Waals surface area contributed by atoms with Gasteiger partial charge < -0.3 is 14.8 Å². The van der Waals surface area contributed by atoms with Gasteiger partial charge in [-0.1, -0.05) is 18.2 Å². The van der Waals surface area contributed by atoms with Gasteiger partial charge in [0.05, 0.1) is 31.0 Å². The first-order valence-corrected chi connectivity index (χ1v) is 11.7. The van der Waals surface area contributed by atoms with Gasteiger partial charge >= 0.3 is 0 Å². The molecule has 0 unspecified atom stereocenters. The summed E-state index contributed by atoms with van der Waals surface area (Å²) in [6.45, 7) is 2.21. The molecule has 0 bridgehead atoms. The summed E-state index contributed by atoms with van der Waals surface area (Å²) in [7, 11) is 1.59. The summed E-state index contributed by atoms with van der Waals surface area (Å²) in [6, 6.07) is 15.2. The van der Waals surface area contributed by atoms with E-state index in [0.717, 1.165) is 11.1 Å². The molecular formula is C27H24F2N6O2. The molecule has 0 fully saturated rings. The molecule has 3 aromatic heterocycles. The smallest absolute Gasteiger partial charge is 0.183 e. The molecule has 3 heterocycles. The molecule has 0 saturated carbocycles. The summed E-state index contributed by atoms with van der Waals surface area (Å²) in [4.78, 5) is 13.4. The van der Waals surface area contributed by atoms with Gasteiger partial charge in [-0.2, -0.15) is 5.10 Å². The zero-order valence-electron chi connectivity index (χ0n) is 20.3. The highest BCUT2D eigenvalue weighted by atomic mass is 19.1. The number of nitrogens with zero attached hydrogens (tertiary/aromatic N) is 5. The number of ether oxygens (including phenoxy) is 2. The Balaban J connectivity index is 1.58. The van der Waals surface area contributed by atoms with Crippen LogP contribution >= 0.6 is 0 Å². The number of methoxy groups -OCH3 is 1. The van der Waals surface area contributed by atoms with Crippen LogP contribution in [0.15, 0.2) is 67.0 Å². The van der Waals surface area contributed by atoms with E-state index in [0.29, 0.717) is 35.2 Å². The lowest BCUT2D eigenvalue weighted by Crippen LogP contribution is -2.08. The van der Waals surface area contributed by atoms with E-state index in [1.807, 2.05) is 36.4 Å². The SMILES string of the molecule is CCOc1cc(F)c(Cn2nc(-c3nc(COC)cc(Nc4ccncc4)n3)c3ccccc32)c(F)c1. The molecule has 0 atom stereocenters. The maximum absolute atomic E-state index is 14.8. The van der Waals surface area contributed by atoms with Crippen molar-refractivity contribution in [2.75, 3.05) is 19.0 Å². The van der Waals surface area contributed by atoms with Crippen LogP contribution in [-0.2, 0) is 17.9 Å². The Morgan fingerprint density at radius 2 is 1.73 bits per heavy atom. The fourth-order valence-electron chi connectivity index (χ4n) is 4.02. The molecule has 5 aromatic rings. The third kappa shape index (κ3) is 5.24. The average molecular weight is 503 g/mol. The minimum absolute atomic E-state index is 0.114. The van der Waals surface area contributed by atoms with Gasteiger partial charge in [0.25, 0.3) is 0 Å². The second kappa shape index (κ2) is 10.7. The Morgan fingerprint density at radius 3 is 2.46 bits per heavy atom. The van der Waals surface area contributed by atoms with Crippen LogP contribution in [0.4, 0.5) is 20.3 Å². The first kappa shape index (κ1) is 24.3. The maximum Gasteiger partial charge on any atom is 0.183 e. The van der Waals surface area contributed by atoms with Crippen LogP contribution in [0.1, 0.15) is 18.2 Å². The van der Waals surface area contributed by atoms with Crippen molar-refractivity contribution in [2.24, 2.45) is 0 Å². The summed E-state index contributed by atoms with van der Waals surface area (Å²) >= 11 is 0. The van der Waals surface area contributed by atoms with Gasteiger partial charge in [0.1, 0.15) is 28.9 Å². The monoisotopic (exact) mass is 502 g/mol. The first-order valence-electron chi connectivity index (χ1n) is 11.7. The fourth-order valence-corrected chi connectivity index (χ4v) is 4.02. The van der Waals surface area contributed by atoms with Crippen molar-refractivity contribution in [2.45, 2.75) is 20.1 Å². The molecule has 0 radical (unpaired) electrons. The van der Waals surface area contributed by atoms with Crippen LogP contribution in [0.2, 0.25) is 0 Å². The van der Waals surface area contributed by atoms with Gasteiger partial charge in [-0.15, -0.1) is 0 Å². The van der Waals surface area contributed by atoms with Crippen LogP contribution < -0.4 is 10.1 Å². The molecule has 8 nitrogen and oxygen atoms in total. The van der Waals surface area contributed by atoms with Crippen LogP contribution in [0.3, 0.4) is 0 Å². The summed E-state index contributed by atoms with van der Waals surface area (Å²) in [5, 5.41) is 8.69. The molecule has 188 valence electrons. The van der Waals surface area contributed by atoms with Gasteiger partial charge in [0.15, 0.2) is 5.82 Å². The van der Waals surface area contributed by atoms with E-state index < -0.39 is 11.6 Å². The van der Waals surface area contributed by atoms with Crippen molar-refractivity contribution in [3.8, 4) is 17.3 Å². The van der Waals surface area contributed by atoms with Crippen molar-refractivity contribution in [1.82, 2.24) is 24.7 Å². The van der Waals surface area contributed by atoms with Gasteiger partial charge in [0.2, 0.25) is 0 Å². The van der Waals surface area contributed by atoms with Crippen molar-refractivity contribution in [1.29, 1.82) is 0 Å². The molecule has 10 heteroatoms. The molecule has 0 spiro atoms. The molecule has 0 aliphatic heterocycles. The van der Waals surface area contributed by atoms with E-state index in [4.69, 9.17) is 14.6 Å². The Bertz CT molecular complexity index is 1520. The van der Waals surface area contributed by atoms with Crippen molar-refractivity contribution in [3.63, 3.8) is 0 Å². The lowest BCUT2D eigenvalue weighted by atomic mass is 10.1. The third-order valence-electron chi connectivity index (χ3n) is 5.63. The van der Waals surface area contributed by atoms with E-state index in [1.165, 1.54) is 12.1 Å². The number of rotatable bonds is 9. The minimum Gasteiger partial charge on any atom is -0.494 e. The topological polar surface area (TPSA) is 87.0 Å². The lowest BCUT2D eigenvalue weighted by molar-refractivity contribution is 0.181. The van der Waals surface area contributed by atoms with E-state index in [2.05, 4.69) is 20.3 Å². The number of aromatic nitrogens is 5. The standard InChI is InChI=1S/C27H24F2N6O2/c1-3-37-19-13-22(28)21(23(29)14-19)15-35-24-7-5-4-6-20(24)26(34-35)27-32-18(16-36-2)12-25(33-27)31-17-8-10-30-11-9-17/h4-14H,3,15-16H2,1-2H3,(H,30,31,32,33). The van der Waals surface area contributed by atoms with Gasteiger partial charge in [-0.05, 0) is 25.1 Å². The number of halogens is 2. The van der Waals surface area contributed by atoms with Crippen LogP contribution in [0.5, 0.6) is 5.75 Å². The number of hydrogen-bond donors (Lipinski definition) is 1. The molecule has 37 heavy (non-hydrogen) atoms. The van der Waals surface area contributed by atoms with E-state index in [-0.39, 0.29) is 24.5 Å². The normalized spacial score (nSPS) is 11.1. The Kier molecular flexibility index (Phi) is 7.00. The number of fused-ring (bicyclic) bond motifs is 1. The fraction of sp³-hybridized carbons (Fsp3) is 0.185. The highest BCUT2D eigenvalue weighted by Gasteiger charge is 2.19. The molecule has 0 aliphatic rings. The highest BCUT2D eigenvalue weighted by Crippen LogP contribution is 2.29. The number of pyridine rings is 1. The molecule has 2 aromatic carbocycles. The maximum atomic E-state index is 14.8. The first-order chi connectivity index (χ1) is 18.1. The number of nitrogens with one attached hydrogen (secondary N) is 1. The molecule has 0 aliphatic carbocycles. The molecule has 0 saturated heterocycles. The van der Waals surface area contributed by atoms with Gasteiger partial charge in [0, 0.05) is 54.3 Å². The summed E-state index contributed by atoms with van der Waals surface area (Å²) in [5.74, 6) is -0.359. The summed E-state index contributed by atoms with van der Waals surface area (Å²) in [5.41, 5.74) is 2.51. The van der Waals surface area contributed by atoms with Crippen molar-refractivity contribution >= 4 is 22.4 Å². The Hall–Kier alpha value is -4.44. The predicted octanol–water partition coefficient (Wildman–Crippen LogP) is 5.50. The van der Waals surface area contributed by atoms with Crippen LogP contribution in [0.25, 0.3) is 22.4 Å². The Labute approximate surface area is 211 Å². The van der Waals surface area contributed by atoms with Crippen LogP contribution in [-0.4, -0.2) is 38.4 Å². The molecular weight excluding hydrogens is 478 g/mol. The number of para-hydroxylation sites is 1.